The van der Waals surface area contributed by atoms with Gasteiger partial charge in [-0.3, -0.25) is 4.57 Å². The third kappa shape index (κ3) is 3.81. The number of ether oxygens (including phenoxy) is 1. The van der Waals surface area contributed by atoms with E-state index in [9.17, 15) is 4.39 Å². The Bertz CT molecular complexity index is 1500. The monoisotopic (exact) mass is 471 g/mol. The van der Waals surface area contributed by atoms with Crippen molar-refractivity contribution < 1.29 is 13.7 Å². The van der Waals surface area contributed by atoms with Gasteiger partial charge in [-0.1, -0.05) is 54.5 Å². The van der Waals surface area contributed by atoms with Crippen LogP contribution >= 0.6 is 0 Å². The molecule has 0 atom stereocenters. The van der Waals surface area contributed by atoms with Crippen LogP contribution < -0.4 is 0 Å². The molecule has 5 aromatic rings. The number of fused-ring (bicyclic) bond motifs is 5. The van der Waals surface area contributed by atoms with Crippen molar-refractivity contribution in [2.75, 3.05) is 0 Å². The van der Waals surface area contributed by atoms with E-state index in [2.05, 4.69) is 25.4 Å². The molecule has 176 valence electrons. The van der Waals surface area contributed by atoms with Gasteiger partial charge in [-0.15, -0.1) is 5.10 Å². The van der Waals surface area contributed by atoms with Crippen molar-refractivity contribution in [3.05, 3.63) is 89.2 Å². The van der Waals surface area contributed by atoms with Crippen molar-refractivity contribution in [3.8, 4) is 22.9 Å². The number of aromatic nitrogens is 7. The fourth-order valence-corrected chi connectivity index (χ4v) is 4.19. The summed E-state index contributed by atoms with van der Waals surface area (Å²) in [6.07, 6.45) is 2.12. The summed E-state index contributed by atoms with van der Waals surface area (Å²) in [5, 5.41) is 12.9. The van der Waals surface area contributed by atoms with Gasteiger partial charge < -0.3 is 9.26 Å². The first-order valence-electron chi connectivity index (χ1n) is 11.3. The van der Waals surface area contributed by atoms with Gasteiger partial charge in [0.2, 0.25) is 11.7 Å². The van der Waals surface area contributed by atoms with Gasteiger partial charge in [0.25, 0.3) is 0 Å². The van der Waals surface area contributed by atoms with Crippen molar-refractivity contribution >= 4 is 0 Å². The summed E-state index contributed by atoms with van der Waals surface area (Å²) in [4.78, 5) is 9.13. The number of hydrogen-bond acceptors (Lipinski definition) is 7. The number of imidazole rings is 1. The maximum atomic E-state index is 14.3. The van der Waals surface area contributed by atoms with Crippen LogP contribution in [0.5, 0.6) is 0 Å². The van der Waals surface area contributed by atoms with Gasteiger partial charge in [0.05, 0.1) is 36.0 Å². The first-order chi connectivity index (χ1) is 17.1. The van der Waals surface area contributed by atoms with Gasteiger partial charge in [0, 0.05) is 18.4 Å². The Kier molecular flexibility index (Phi) is 5.22. The predicted octanol–water partition coefficient (Wildman–Crippen LogP) is 4.39. The second-order valence-corrected chi connectivity index (χ2v) is 8.70. The molecule has 0 unspecified atom stereocenters. The van der Waals surface area contributed by atoms with E-state index in [-0.39, 0.29) is 18.3 Å². The van der Waals surface area contributed by atoms with E-state index in [1.807, 2.05) is 48.7 Å². The highest BCUT2D eigenvalue weighted by Crippen LogP contribution is 2.33. The minimum Gasteiger partial charge on any atom is -0.370 e. The van der Waals surface area contributed by atoms with Gasteiger partial charge in [-0.05, 0) is 17.7 Å². The Balaban J connectivity index is 1.41. The highest BCUT2D eigenvalue weighted by Gasteiger charge is 2.28. The van der Waals surface area contributed by atoms with Crippen LogP contribution in [-0.4, -0.2) is 34.7 Å². The molecule has 4 heterocycles. The summed E-state index contributed by atoms with van der Waals surface area (Å²) < 4.78 is 29.3. The lowest BCUT2D eigenvalue weighted by Gasteiger charge is -2.09. The average molecular weight is 471 g/mol. The summed E-state index contributed by atoms with van der Waals surface area (Å²) in [6.45, 7) is 4.68. The van der Waals surface area contributed by atoms with E-state index in [4.69, 9.17) is 9.26 Å². The Labute approximate surface area is 200 Å². The molecule has 10 heteroatoms. The minimum atomic E-state index is -0.365. The summed E-state index contributed by atoms with van der Waals surface area (Å²) in [6, 6.07) is 14.5. The number of hydrogen-bond donors (Lipinski definition) is 0. The molecule has 2 aromatic carbocycles. The van der Waals surface area contributed by atoms with E-state index < -0.39 is 0 Å². The lowest BCUT2D eigenvalue weighted by Crippen LogP contribution is -2.05. The first kappa shape index (κ1) is 21.4. The standard InChI is InChI=1S/C25H22FN7O2/c1-15(2)25-28-24(30-35-25)23-22-11-20-18(13-34-12-16-6-4-3-5-7-16)29-31-33(20)21-10-17(26)8-9-19(21)32(22)14-27-23/h3-10,14-15H,11-13H2,1-2H3. The zero-order valence-electron chi connectivity index (χ0n) is 19.2. The normalized spacial score (nSPS) is 12.3. The highest BCUT2D eigenvalue weighted by molar-refractivity contribution is 5.62. The number of rotatable bonds is 6. The SMILES string of the molecule is CC(C)c1nc(-c2ncn3c2Cc2c(COCc4ccccc4)nnn2-c2cc(F)ccc2-3)no1. The Morgan fingerprint density at radius 1 is 1.06 bits per heavy atom. The molecule has 0 bridgehead atoms. The van der Waals surface area contributed by atoms with E-state index in [0.717, 1.165) is 22.6 Å². The quantitative estimate of drug-likeness (QED) is 0.355. The van der Waals surface area contributed by atoms with E-state index >= 15 is 0 Å². The Morgan fingerprint density at radius 3 is 2.71 bits per heavy atom. The molecule has 0 saturated carbocycles. The maximum Gasteiger partial charge on any atom is 0.229 e. The summed E-state index contributed by atoms with van der Waals surface area (Å²) >= 11 is 0. The summed E-state index contributed by atoms with van der Waals surface area (Å²) in [7, 11) is 0. The molecule has 1 aliphatic rings. The van der Waals surface area contributed by atoms with E-state index in [0.29, 0.717) is 41.8 Å². The summed E-state index contributed by atoms with van der Waals surface area (Å²) in [5.74, 6) is 0.684. The average Bonchev–Trinajstić information content (AvgIpc) is 3.58. The van der Waals surface area contributed by atoms with E-state index in [1.54, 1.807) is 17.1 Å². The lowest BCUT2D eigenvalue weighted by molar-refractivity contribution is 0.104. The van der Waals surface area contributed by atoms with Crippen LogP contribution in [-0.2, 0) is 24.4 Å². The molecule has 0 fully saturated rings. The molecule has 0 saturated heterocycles. The van der Waals surface area contributed by atoms with Crippen LogP contribution in [0.15, 0.2) is 59.4 Å². The van der Waals surface area contributed by atoms with Gasteiger partial charge in [0.15, 0.2) is 0 Å². The topological polar surface area (TPSA) is 96.7 Å². The third-order valence-corrected chi connectivity index (χ3v) is 5.97. The lowest BCUT2D eigenvalue weighted by atomic mass is 10.1. The molecule has 0 N–H and O–H groups in total. The fourth-order valence-electron chi connectivity index (χ4n) is 4.19. The fraction of sp³-hybridized carbons (Fsp3) is 0.240. The van der Waals surface area contributed by atoms with Gasteiger partial charge in [-0.25, -0.2) is 14.1 Å². The van der Waals surface area contributed by atoms with Crippen molar-refractivity contribution in [1.29, 1.82) is 0 Å². The highest BCUT2D eigenvalue weighted by atomic mass is 19.1. The van der Waals surface area contributed by atoms with Crippen molar-refractivity contribution in [3.63, 3.8) is 0 Å². The van der Waals surface area contributed by atoms with Crippen LogP contribution in [0, 0.1) is 5.82 Å². The van der Waals surface area contributed by atoms with Crippen LogP contribution in [0.2, 0.25) is 0 Å². The van der Waals surface area contributed by atoms with Crippen LogP contribution in [0.3, 0.4) is 0 Å². The second-order valence-electron chi connectivity index (χ2n) is 8.70. The van der Waals surface area contributed by atoms with Crippen molar-refractivity contribution in [2.45, 2.75) is 39.4 Å². The Hall–Kier alpha value is -4.18. The van der Waals surface area contributed by atoms with Crippen LogP contribution in [0.4, 0.5) is 4.39 Å². The molecular formula is C25H22FN7O2. The molecule has 0 radical (unpaired) electrons. The number of halogens is 1. The molecule has 1 aliphatic heterocycles. The minimum absolute atomic E-state index is 0.0974. The largest absolute Gasteiger partial charge is 0.370 e. The summed E-state index contributed by atoms with van der Waals surface area (Å²) in [5.41, 5.74) is 5.26. The first-order valence-corrected chi connectivity index (χ1v) is 11.3. The van der Waals surface area contributed by atoms with Crippen LogP contribution in [0.1, 0.15) is 48.3 Å². The van der Waals surface area contributed by atoms with Crippen molar-refractivity contribution in [2.24, 2.45) is 0 Å². The molecule has 9 nitrogen and oxygen atoms in total. The van der Waals surface area contributed by atoms with Gasteiger partial charge >= 0.3 is 0 Å². The number of benzene rings is 2. The predicted molar refractivity (Wildman–Crippen MR) is 124 cm³/mol. The molecular weight excluding hydrogens is 449 g/mol. The van der Waals surface area contributed by atoms with E-state index in [1.165, 1.54) is 12.1 Å². The molecule has 6 rings (SSSR count). The zero-order valence-corrected chi connectivity index (χ0v) is 19.2. The third-order valence-electron chi connectivity index (χ3n) is 5.97. The van der Waals surface area contributed by atoms with Crippen LogP contribution in [0.25, 0.3) is 22.9 Å². The molecule has 3 aromatic heterocycles. The van der Waals surface area contributed by atoms with Crippen molar-refractivity contribution in [1.82, 2.24) is 34.7 Å². The smallest absolute Gasteiger partial charge is 0.229 e. The molecule has 35 heavy (non-hydrogen) atoms. The molecule has 0 amide bonds. The molecule has 0 aliphatic carbocycles. The zero-order chi connectivity index (χ0) is 23.9. The molecule has 0 spiro atoms. The van der Waals surface area contributed by atoms with Gasteiger partial charge in [-0.2, -0.15) is 4.98 Å². The Morgan fingerprint density at radius 2 is 1.91 bits per heavy atom. The number of nitrogens with zero attached hydrogens (tertiary/aromatic N) is 7. The maximum absolute atomic E-state index is 14.3. The second kappa shape index (κ2) is 8.55. The van der Waals surface area contributed by atoms with Gasteiger partial charge in [0.1, 0.15) is 23.5 Å².